The Morgan fingerprint density at radius 3 is 2.50 bits per heavy atom. The highest BCUT2D eigenvalue weighted by molar-refractivity contribution is 6.30. The number of piperazine rings is 1. The molecular formula is C19H25ClN2. The molecule has 1 saturated carbocycles. The van der Waals surface area contributed by atoms with Gasteiger partial charge in [-0.1, -0.05) is 35.9 Å². The molecule has 3 atom stereocenters. The molecular weight excluding hydrogens is 292 g/mol. The van der Waals surface area contributed by atoms with Crippen LogP contribution in [0.4, 0.5) is 0 Å². The molecule has 0 radical (unpaired) electrons. The highest BCUT2D eigenvalue weighted by Crippen LogP contribution is 2.43. The third-order valence-electron chi connectivity index (χ3n) is 5.67. The Balaban J connectivity index is 1.25. The molecule has 1 heterocycles. The predicted molar refractivity (Wildman–Crippen MR) is 92.0 cm³/mol. The molecule has 0 spiro atoms. The van der Waals surface area contributed by atoms with Crippen molar-refractivity contribution in [2.45, 2.75) is 19.4 Å². The molecule has 0 unspecified atom stereocenters. The Morgan fingerprint density at radius 2 is 1.82 bits per heavy atom. The predicted octanol–water partition coefficient (Wildman–Crippen LogP) is 3.67. The van der Waals surface area contributed by atoms with E-state index < -0.39 is 0 Å². The molecule has 2 fully saturated rings. The Bertz CT molecular complexity index is 548. The van der Waals surface area contributed by atoms with Crippen LogP contribution in [0.1, 0.15) is 18.4 Å². The summed E-state index contributed by atoms with van der Waals surface area (Å²) in [4.78, 5) is 5.25. The normalized spacial score (nSPS) is 32.0. The van der Waals surface area contributed by atoms with Crippen molar-refractivity contribution in [2.75, 3.05) is 32.7 Å². The van der Waals surface area contributed by atoms with E-state index in [2.05, 4.69) is 40.2 Å². The fourth-order valence-electron chi connectivity index (χ4n) is 4.46. The first-order chi connectivity index (χ1) is 10.8. The van der Waals surface area contributed by atoms with Gasteiger partial charge in [-0.2, -0.15) is 0 Å². The van der Waals surface area contributed by atoms with Crippen molar-refractivity contribution in [1.82, 2.24) is 9.80 Å². The van der Waals surface area contributed by atoms with Crippen molar-refractivity contribution >= 4 is 11.6 Å². The minimum Gasteiger partial charge on any atom is -0.300 e. The number of hydrogen-bond donors (Lipinski definition) is 0. The zero-order valence-electron chi connectivity index (χ0n) is 13.1. The highest BCUT2D eigenvalue weighted by atomic mass is 35.5. The second kappa shape index (κ2) is 6.35. The van der Waals surface area contributed by atoms with Gasteiger partial charge in [-0.15, -0.1) is 0 Å². The van der Waals surface area contributed by atoms with Crippen LogP contribution in [0.2, 0.25) is 5.02 Å². The lowest BCUT2D eigenvalue weighted by Crippen LogP contribution is -2.47. The third-order valence-corrected chi connectivity index (χ3v) is 5.90. The minimum atomic E-state index is 0.848. The molecule has 1 saturated heterocycles. The first-order valence-electron chi connectivity index (χ1n) is 8.64. The van der Waals surface area contributed by atoms with Crippen molar-refractivity contribution in [2.24, 2.45) is 17.8 Å². The van der Waals surface area contributed by atoms with Gasteiger partial charge < -0.3 is 4.90 Å². The highest BCUT2D eigenvalue weighted by Gasteiger charge is 2.36. The van der Waals surface area contributed by atoms with Crippen LogP contribution in [0.15, 0.2) is 36.4 Å². The van der Waals surface area contributed by atoms with Gasteiger partial charge in [0.1, 0.15) is 0 Å². The SMILES string of the molecule is Clc1cccc(CN2CCN(C[C@@H]3C[C@H]4C=C[C@H]3C4)CC2)c1. The maximum atomic E-state index is 6.08. The van der Waals surface area contributed by atoms with Gasteiger partial charge in [0.2, 0.25) is 0 Å². The van der Waals surface area contributed by atoms with Crippen LogP contribution in [-0.4, -0.2) is 42.5 Å². The van der Waals surface area contributed by atoms with Crippen LogP contribution in [-0.2, 0) is 6.54 Å². The van der Waals surface area contributed by atoms with E-state index in [1.807, 2.05) is 6.07 Å². The fourth-order valence-corrected chi connectivity index (χ4v) is 4.67. The summed E-state index contributed by atoms with van der Waals surface area (Å²) >= 11 is 6.08. The van der Waals surface area contributed by atoms with Crippen molar-refractivity contribution < 1.29 is 0 Å². The summed E-state index contributed by atoms with van der Waals surface area (Å²) < 4.78 is 0. The van der Waals surface area contributed by atoms with E-state index in [4.69, 9.17) is 11.6 Å². The summed E-state index contributed by atoms with van der Waals surface area (Å²) in [6.07, 6.45) is 7.79. The van der Waals surface area contributed by atoms with Gasteiger partial charge in [0.15, 0.2) is 0 Å². The van der Waals surface area contributed by atoms with E-state index in [1.165, 1.54) is 51.1 Å². The number of nitrogens with zero attached hydrogens (tertiary/aromatic N) is 2. The molecule has 2 aliphatic carbocycles. The second-order valence-electron chi connectivity index (χ2n) is 7.25. The third kappa shape index (κ3) is 3.24. The lowest BCUT2D eigenvalue weighted by atomic mass is 9.93. The maximum Gasteiger partial charge on any atom is 0.0409 e. The lowest BCUT2D eigenvalue weighted by Gasteiger charge is -2.37. The van der Waals surface area contributed by atoms with E-state index in [0.717, 1.165) is 29.3 Å². The first-order valence-corrected chi connectivity index (χ1v) is 9.01. The maximum absolute atomic E-state index is 6.08. The number of allylic oxidation sites excluding steroid dienone is 2. The molecule has 4 rings (SSSR count). The zero-order valence-corrected chi connectivity index (χ0v) is 13.9. The first kappa shape index (κ1) is 14.7. The zero-order chi connectivity index (χ0) is 14.9. The Kier molecular flexibility index (Phi) is 4.25. The average Bonchev–Trinajstić information content (AvgIpc) is 3.12. The topological polar surface area (TPSA) is 6.48 Å². The van der Waals surface area contributed by atoms with Crippen LogP contribution in [0.5, 0.6) is 0 Å². The summed E-state index contributed by atoms with van der Waals surface area (Å²) in [5.74, 6) is 2.71. The van der Waals surface area contributed by atoms with Gasteiger partial charge in [0, 0.05) is 44.3 Å². The van der Waals surface area contributed by atoms with Gasteiger partial charge in [0.25, 0.3) is 0 Å². The molecule has 1 aromatic carbocycles. The lowest BCUT2D eigenvalue weighted by molar-refractivity contribution is 0.108. The van der Waals surface area contributed by atoms with Gasteiger partial charge in [0.05, 0.1) is 0 Å². The molecule has 118 valence electrons. The van der Waals surface area contributed by atoms with Crippen LogP contribution < -0.4 is 0 Å². The molecule has 0 amide bonds. The molecule has 22 heavy (non-hydrogen) atoms. The summed E-state index contributed by atoms with van der Waals surface area (Å²) in [5, 5.41) is 0.848. The minimum absolute atomic E-state index is 0.848. The van der Waals surface area contributed by atoms with Gasteiger partial charge in [-0.3, -0.25) is 4.90 Å². The quantitative estimate of drug-likeness (QED) is 0.782. The van der Waals surface area contributed by atoms with Crippen molar-refractivity contribution in [3.63, 3.8) is 0 Å². The largest absolute Gasteiger partial charge is 0.300 e. The summed E-state index contributed by atoms with van der Waals surface area (Å²) in [6, 6.07) is 8.28. The van der Waals surface area contributed by atoms with E-state index in [0.29, 0.717) is 0 Å². The van der Waals surface area contributed by atoms with Crippen molar-refractivity contribution in [1.29, 1.82) is 0 Å². The van der Waals surface area contributed by atoms with Crippen LogP contribution >= 0.6 is 11.6 Å². The van der Waals surface area contributed by atoms with Crippen LogP contribution in [0.3, 0.4) is 0 Å². The monoisotopic (exact) mass is 316 g/mol. The van der Waals surface area contributed by atoms with Crippen LogP contribution in [0.25, 0.3) is 0 Å². The summed E-state index contributed by atoms with van der Waals surface area (Å²) in [7, 11) is 0. The van der Waals surface area contributed by atoms with Gasteiger partial charge in [-0.25, -0.2) is 0 Å². The van der Waals surface area contributed by atoms with Crippen LogP contribution in [0, 0.1) is 17.8 Å². The molecule has 2 bridgehead atoms. The molecule has 3 aliphatic rings. The van der Waals surface area contributed by atoms with Crippen molar-refractivity contribution in [3.8, 4) is 0 Å². The molecule has 1 aliphatic heterocycles. The Morgan fingerprint density at radius 1 is 1.00 bits per heavy atom. The van der Waals surface area contributed by atoms with E-state index in [1.54, 1.807) is 0 Å². The fraction of sp³-hybridized carbons (Fsp3) is 0.579. The van der Waals surface area contributed by atoms with E-state index in [9.17, 15) is 0 Å². The number of fused-ring (bicyclic) bond motifs is 2. The molecule has 3 heteroatoms. The number of benzene rings is 1. The van der Waals surface area contributed by atoms with Gasteiger partial charge in [-0.05, 0) is 48.3 Å². The van der Waals surface area contributed by atoms with E-state index >= 15 is 0 Å². The molecule has 0 N–H and O–H groups in total. The summed E-state index contributed by atoms with van der Waals surface area (Å²) in [5.41, 5.74) is 1.33. The molecule has 2 nitrogen and oxygen atoms in total. The number of halogens is 1. The van der Waals surface area contributed by atoms with Gasteiger partial charge >= 0.3 is 0 Å². The number of hydrogen-bond acceptors (Lipinski definition) is 2. The Hall–Kier alpha value is -0.830. The Labute approximate surface area is 138 Å². The molecule has 0 aromatic heterocycles. The standard InChI is InChI=1S/C19H25ClN2/c20-19-3-1-2-16(12-19)13-21-6-8-22(9-7-21)14-18-11-15-4-5-17(18)10-15/h1-5,12,15,17-18H,6-11,13-14H2/t15-,17-,18-/m0/s1. The smallest absolute Gasteiger partial charge is 0.0409 e. The molecule has 1 aromatic rings. The second-order valence-corrected chi connectivity index (χ2v) is 7.68. The summed E-state index contributed by atoms with van der Waals surface area (Å²) in [6.45, 7) is 7.16. The van der Waals surface area contributed by atoms with Crippen molar-refractivity contribution in [3.05, 3.63) is 47.0 Å². The number of rotatable bonds is 4. The average molecular weight is 317 g/mol. The van der Waals surface area contributed by atoms with E-state index in [-0.39, 0.29) is 0 Å².